The monoisotopic (exact) mass is 325 g/mol. The molecule has 1 aromatic carbocycles. The first kappa shape index (κ1) is 15.3. The van der Waals surface area contributed by atoms with Crippen molar-refractivity contribution in [3.05, 3.63) is 65.7 Å². The van der Waals surface area contributed by atoms with Gasteiger partial charge in [0, 0.05) is 16.8 Å². The number of H-pyrrole nitrogens is 1. The third-order valence-electron chi connectivity index (χ3n) is 3.17. The maximum Gasteiger partial charge on any atom is 0.169 e. The zero-order valence-electron chi connectivity index (χ0n) is 12.5. The molecule has 6 heteroatoms. The van der Waals surface area contributed by atoms with Crippen molar-refractivity contribution >= 4 is 18.0 Å². The van der Waals surface area contributed by atoms with Crippen molar-refractivity contribution in [2.75, 3.05) is 0 Å². The molecule has 0 aliphatic rings. The molecule has 0 bridgehead atoms. The van der Waals surface area contributed by atoms with E-state index >= 15 is 0 Å². The number of carbonyl (C=O) groups excluding carboxylic acids is 1. The lowest BCUT2D eigenvalue weighted by Gasteiger charge is -2.07. The Morgan fingerprint density at radius 2 is 2.09 bits per heavy atom. The normalized spacial score (nSPS) is 10.5. The minimum absolute atomic E-state index is 0.489. The lowest BCUT2D eigenvalue weighted by Crippen LogP contribution is -1.96. The number of aldehydes is 1. The number of nitrogens with one attached hydrogen (secondary N) is 1. The Kier molecular flexibility index (Phi) is 4.73. The largest absolute Gasteiger partial charge is 0.489 e. The van der Waals surface area contributed by atoms with Gasteiger partial charge in [-0.25, -0.2) is 0 Å². The van der Waals surface area contributed by atoms with Gasteiger partial charge in [0.15, 0.2) is 6.29 Å². The molecular weight excluding hydrogens is 310 g/mol. The lowest BCUT2D eigenvalue weighted by molar-refractivity contribution is 0.111. The molecule has 0 saturated heterocycles. The van der Waals surface area contributed by atoms with E-state index in [-0.39, 0.29) is 0 Å². The van der Waals surface area contributed by atoms with E-state index in [9.17, 15) is 4.79 Å². The van der Waals surface area contributed by atoms with E-state index in [4.69, 9.17) is 4.74 Å². The van der Waals surface area contributed by atoms with Gasteiger partial charge in [0.2, 0.25) is 0 Å². The van der Waals surface area contributed by atoms with Crippen LogP contribution >= 0.6 is 11.8 Å². The fourth-order valence-corrected chi connectivity index (χ4v) is 2.88. The Bertz CT molecular complexity index is 800. The minimum Gasteiger partial charge on any atom is -0.489 e. The Morgan fingerprint density at radius 1 is 1.26 bits per heavy atom. The van der Waals surface area contributed by atoms with Gasteiger partial charge in [-0.1, -0.05) is 11.8 Å². The highest BCUT2D eigenvalue weighted by atomic mass is 32.2. The maximum absolute atomic E-state index is 10.9. The van der Waals surface area contributed by atoms with Gasteiger partial charge < -0.3 is 4.74 Å². The highest BCUT2D eigenvalue weighted by Gasteiger charge is 2.06. The van der Waals surface area contributed by atoms with Gasteiger partial charge >= 0.3 is 0 Å². The van der Waals surface area contributed by atoms with Gasteiger partial charge in [0.1, 0.15) is 18.1 Å². The van der Waals surface area contributed by atoms with Crippen molar-refractivity contribution in [3.8, 4) is 5.75 Å². The van der Waals surface area contributed by atoms with Crippen LogP contribution in [0.2, 0.25) is 0 Å². The third-order valence-corrected chi connectivity index (χ3v) is 4.22. The Morgan fingerprint density at radius 3 is 2.83 bits per heavy atom. The molecule has 0 atom stereocenters. The van der Waals surface area contributed by atoms with E-state index < -0.39 is 0 Å². The van der Waals surface area contributed by atoms with Crippen LogP contribution in [0.5, 0.6) is 5.75 Å². The van der Waals surface area contributed by atoms with E-state index in [1.54, 1.807) is 12.4 Å². The van der Waals surface area contributed by atoms with Crippen molar-refractivity contribution < 1.29 is 9.53 Å². The van der Waals surface area contributed by atoms with Crippen LogP contribution in [-0.2, 0) is 6.61 Å². The van der Waals surface area contributed by atoms with Crippen molar-refractivity contribution in [2.45, 2.75) is 23.3 Å². The van der Waals surface area contributed by atoms with Crippen LogP contribution in [-0.4, -0.2) is 21.5 Å². The molecule has 116 valence electrons. The first-order valence-corrected chi connectivity index (χ1v) is 7.87. The van der Waals surface area contributed by atoms with Gasteiger partial charge in [-0.15, -0.1) is 0 Å². The topological polar surface area (TPSA) is 67.9 Å². The fourth-order valence-electron chi connectivity index (χ4n) is 2.04. The molecule has 23 heavy (non-hydrogen) atoms. The van der Waals surface area contributed by atoms with Crippen molar-refractivity contribution in [3.63, 3.8) is 0 Å². The molecular formula is C17H15N3O2S. The molecule has 1 N–H and O–H groups in total. The molecule has 0 fully saturated rings. The van der Waals surface area contributed by atoms with Crippen LogP contribution in [0.3, 0.4) is 0 Å². The average Bonchev–Trinajstić information content (AvgIpc) is 3.01. The van der Waals surface area contributed by atoms with E-state index in [1.807, 2.05) is 43.3 Å². The Labute approximate surface area is 138 Å². The van der Waals surface area contributed by atoms with E-state index in [0.29, 0.717) is 12.3 Å². The summed E-state index contributed by atoms with van der Waals surface area (Å²) in [6, 6.07) is 11.7. The molecule has 0 aliphatic heterocycles. The van der Waals surface area contributed by atoms with Crippen molar-refractivity contribution in [1.29, 1.82) is 0 Å². The summed E-state index contributed by atoms with van der Waals surface area (Å²) in [4.78, 5) is 16.9. The fraction of sp³-hybridized carbons (Fsp3) is 0.118. The number of aromatic nitrogens is 3. The summed E-state index contributed by atoms with van der Waals surface area (Å²) in [6.45, 7) is 2.46. The molecule has 0 spiro atoms. The molecule has 0 radical (unpaired) electrons. The summed E-state index contributed by atoms with van der Waals surface area (Å²) >= 11 is 1.48. The summed E-state index contributed by atoms with van der Waals surface area (Å²) in [7, 11) is 0. The molecule has 3 rings (SSSR count). The van der Waals surface area contributed by atoms with Gasteiger partial charge in [-0.3, -0.25) is 14.9 Å². The first-order chi connectivity index (χ1) is 11.2. The summed E-state index contributed by atoms with van der Waals surface area (Å²) in [5, 5.41) is 6.53. The number of ether oxygens (including phenoxy) is 1. The van der Waals surface area contributed by atoms with Crippen LogP contribution in [0.1, 0.15) is 21.7 Å². The number of nitrogens with zero attached hydrogens (tertiary/aromatic N) is 2. The van der Waals surface area contributed by atoms with E-state index in [0.717, 1.165) is 33.1 Å². The maximum atomic E-state index is 10.9. The molecule has 0 amide bonds. The van der Waals surface area contributed by atoms with Crippen LogP contribution in [0.4, 0.5) is 0 Å². The van der Waals surface area contributed by atoms with Crippen LogP contribution in [0.25, 0.3) is 0 Å². The van der Waals surface area contributed by atoms with Crippen molar-refractivity contribution in [1.82, 2.24) is 15.2 Å². The minimum atomic E-state index is 0.489. The first-order valence-electron chi connectivity index (χ1n) is 7.05. The second kappa shape index (κ2) is 7.11. The molecule has 5 nitrogen and oxygen atoms in total. The second-order valence-electron chi connectivity index (χ2n) is 4.93. The molecule has 0 unspecified atom stereocenters. The number of rotatable bonds is 6. The summed E-state index contributed by atoms with van der Waals surface area (Å²) in [6.07, 6.45) is 4.19. The van der Waals surface area contributed by atoms with Gasteiger partial charge in [0.05, 0.1) is 11.1 Å². The lowest BCUT2D eigenvalue weighted by atomic mass is 10.2. The highest BCUT2D eigenvalue weighted by molar-refractivity contribution is 7.99. The molecule has 2 heterocycles. The smallest absolute Gasteiger partial charge is 0.169 e. The van der Waals surface area contributed by atoms with Gasteiger partial charge in [-0.2, -0.15) is 5.10 Å². The quantitative estimate of drug-likeness (QED) is 0.701. The Balaban J connectivity index is 1.62. The van der Waals surface area contributed by atoms with Crippen LogP contribution < -0.4 is 4.74 Å². The zero-order chi connectivity index (χ0) is 16.1. The average molecular weight is 325 g/mol. The number of hydrogen-bond acceptors (Lipinski definition) is 5. The number of carbonyl (C=O) groups is 1. The Hall–Kier alpha value is -2.60. The SMILES string of the molecule is Cc1cc(COc2ccc(Sc3cn[nH]c3C=O)cc2)ccn1. The van der Waals surface area contributed by atoms with Gasteiger partial charge in [-0.05, 0) is 48.9 Å². The number of benzene rings is 1. The van der Waals surface area contributed by atoms with E-state index in [2.05, 4.69) is 15.2 Å². The van der Waals surface area contributed by atoms with Crippen LogP contribution in [0, 0.1) is 6.92 Å². The number of hydrogen-bond donors (Lipinski definition) is 1. The molecule has 3 aromatic rings. The predicted octanol–water partition coefficient (Wildman–Crippen LogP) is 3.66. The van der Waals surface area contributed by atoms with Gasteiger partial charge in [0.25, 0.3) is 0 Å². The number of aryl methyl sites for hydroxylation is 1. The number of pyridine rings is 1. The summed E-state index contributed by atoms with van der Waals surface area (Å²) in [5.41, 5.74) is 2.55. The summed E-state index contributed by atoms with van der Waals surface area (Å²) < 4.78 is 5.77. The second-order valence-corrected chi connectivity index (χ2v) is 6.05. The predicted molar refractivity (Wildman–Crippen MR) is 87.8 cm³/mol. The molecule has 0 saturated carbocycles. The van der Waals surface area contributed by atoms with E-state index in [1.165, 1.54) is 11.8 Å². The highest BCUT2D eigenvalue weighted by Crippen LogP contribution is 2.30. The molecule has 2 aromatic heterocycles. The van der Waals surface area contributed by atoms with Crippen LogP contribution in [0.15, 0.2) is 58.6 Å². The third kappa shape index (κ3) is 3.98. The molecule has 0 aliphatic carbocycles. The van der Waals surface area contributed by atoms with Crippen molar-refractivity contribution in [2.24, 2.45) is 0 Å². The zero-order valence-corrected chi connectivity index (χ0v) is 13.3. The summed E-state index contributed by atoms with van der Waals surface area (Å²) in [5.74, 6) is 0.798. The number of aromatic amines is 1. The standard InChI is InChI=1S/C17H15N3O2S/c1-12-8-13(6-7-18-12)11-22-14-2-4-15(5-3-14)23-17-9-19-20-16(17)10-21/h2-10H,11H2,1H3,(H,19,20).